The Bertz CT molecular complexity index is 958. The van der Waals surface area contributed by atoms with Gasteiger partial charge in [0.1, 0.15) is 11.5 Å². The molecule has 2 aromatic heterocycles. The second kappa shape index (κ2) is 8.38. The zero-order valence-electron chi connectivity index (χ0n) is 16.0. The van der Waals surface area contributed by atoms with E-state index in [-0.39, 0.29) is 25.1 Å². The number of anilines is 1. The van der Waals surface area contributed by atoms with Crippen molar-refractivity contribution in [2.45, 2.75) is 18.9 Å². The van der Waals surface area contributed by atoms with Gasteiger partial charge in [0.05, 0.1) is 12.9 Å². The Labute approximate surface area is 164 Å². The first-order chi connectivity index (χ1) is 13.3. The number of aromatic nitrogens is 2. The van der Waals surface area contributed by atoms with E-state index in [1.165, 1.54) is 15.5 Å². The van der Waals surface area contributed by atoms with Crippen LogP contribution in [0.4, 0.5) is 5.82 Å². The summed E-state index contributed by atoms with van der Waals surface area (Å²) in [4.78, 5) is 22.7. The molecule has 0 aromatic carbocycles. The highest BCUT2D eigenvalue weighted by molar-refractivity contribution is 7.88. The number of hydrogen-bond acceptors (Lipinski definition) is 7. The van der Waals surface area contributed by atoms with E-state index in [1.807, 2.05) is 0 Å². The van der Waals surface area contributed by atoms with E-state index in [1.54, 1.807) is 31.6 Å². The Morgan fingerprint density at radius 1 is 1.36 bits per heavy atom. The molecule has 1 saturated heterocycles. The maximum atomic E-state index is 12.6. The van der Waals surface area contributed by atoms with Gasteiger partial charge in [-0.25, -0.2) is 17.7 Å². The first-order valence-corrected chi connectivity index (χ1v) is 11.0. The van der Waals surface area contributed by atoms with E-state index >= 15 is 0 Å². The molecule has 0 unspecified atom stereocenters. The van der Waals surface area contributed by atoms with E-state index in [0.717, 1.165) is 5.39 Å². The van der Waals surface area contributed by atoms with Crippen LogP contribution in [0.15, 0.2) is 24.5 Å². The fourth-order valence-corrected chi connectivity index (χ4v) is 4.16. The molecule has 0 bridgehead atoms. The first kappa shape index (κ1) is 20.4. The molecule has 9 nitrogen and oxygen atoms in total. The van der Waals surface area contributed by atoms with E-state index in [0.29, 0.717) is 42.8 Å². The standard InChI is InChI=1S/C18H25N5O4S/c1-22(9-10-24)18(25)17-15-11-16(20-12-13(15)3-6-19-17)21-14-4-7-23(8-5-14)28(2,26)27/h3,6,11-12,14,24H,4-5,7-10H2,1-2H3,(H,20,21). The number of aliphatic hydroxyl groups excluding tert-OH is 1. The highest BCUT2D eigenvalue weighted by Gasteiger charge is 2.25. The third-order valence-corrected chi connectivity index (χ3v) is 6.21. The minimum atomic E-state index is -3.16. The molecule has 1 fully saturated rings. The number of nitrogens with zero attached hydrogens (tertiary/aromatic N) is 4. The summed E-state index contributed by atoms with van der Waals surface area (Å²) in [5, 5.41) is 13.9. The van der Waals surface area contributed by atoms with Crippen molar-refractivity contribution < 1.29 is 18.3 Å². The maximum Gasteiger partial charge on any atom is 0.272 e. The second-order valence-electron chi connectivity index (χ2n) is 6.98. The average Bonchev–Trinajstić information content (AvgIpc) is 2.67. The molecule has 10 heteroatoms. The van der Waals surface area contributed by atoms with E-state index in [4.69, 9.17) is 5.11 Å². The lowest BCUT2D eigenvalue weighted by molar-refractivity contribution is 0.0763. The maximum absolute atomic E-state index is 12.6. The van der Waals surface area contributed by atoms with Crippen LogP contribution in [0, 0.1) is 0 Å². The summed E-state index contributed by atoms with van der Waals surface area (Å²) in [5.74, 6) is 0.357. The van der Waals surface area contributed by atoms with Crippen molar-refractivity contribution in [2.24, 2.45) is 0 Å². The van der Waals surface area contributed by atoms with Gasteiger partial charge in [0.15, 0.2) is 0 Å². The van der Waals surface area contributed by atoms with Crippen molar-refractivity contribution in [3.63, 3.8) is 0 Å². The normalized spacial score (nSPS) is 16.2. The SMILES string of the molecule is CN(CCO)C(=O)c1nccc2cnc(NC3CCN(S(C)(=O)=O)CC3)cc12. The summed E-state index contributed by atoms with van der Waals surface area (Å²) in [5.41, 5.74) is 0.311. The van der Waals surface area contributed by atoms with Crippen molar-refractivity contribution in [1.82, 2.24) is 19.2 Å². The monoisotopic (exact) mass is 407 g/mol. The summed E-state index contributed by atoms with van der Waals surface area (Å²) < 4.78 is 24.8. The minimum Gasteiger partial charge on any atom is -0.395 e. The number of carbonyl (C=O) groups excluding carboxylic acids is 1. The van der Waals surface area contributed by atoms with Crippen LogP contribution in [-0.2, 0) is 10.0 Å². The third kappa shape index (κ3) is 4.57. The Kier molecular flexibility index (Phi) is 6.11. The van der Waals surface area contributed by atoms with Crippen LogP contribution in [0.1, 0.15) is 23.3 Å². The lowest BCUT2D eigenvalue weighted by atomic mass is 10.1. The van der Waals surface area contributed by atoms with Gasteiger partial charge < -0.3 is 15.3 Å². The second-order valence-corrected chi connectivity index (χ2v) is 8.96. The van der Waals surface area contributed by atoms with Gasteiger partial charge in [0, 0.05) is 55.9 Å². The fourth-order valence-electron chi connectivity index (χ4n) is 3.29. The number of aliphatic hydroxyl groups is 1. The molecule has 0 radical (unpaired) electrons. The van der Waals surface area contributed by atoms with Gasteiger partial charge in [-0.3, -0.25) is 9.78 Å². The topological polar surface area (TPSA) is 116 Å². The summed E-state index contributed by atoms with van der Waals surface area (Å²) in [7, 11) is -1.54. The molecule has 1 amide bonds. The van der Waals surface area contributed by atoms with Crippen molar-refractivity contribution in [3.05, 3.63) is 30.2 Å². The van der Waals surface area contributed by atoms with Crippen LogP contribution in [0.25, 0.3) is 10.8 Å². The molecule has 2 N–H and O–H groups in total. The molecule has 152 valence electrons. The number of piperidine rings is 1. The van der Waals surface area contributed by atoms with Crippen LogP contribution in [-0.4, -0.2) is 84.2 Å². The number of pyridine rings is 2. The predicted molar refractivity (Wildman–Crippen MR) is 107 cm³/mol. The van der Waals surface area contributed by atoms with E-state index in [9.17, 15) is 13.2 Å². The third-order valence-electron chi connectivity index (χ3n) is 4.91. The highest BCUT2D eigenvalue weighted by Crippen LogP contribution is 2.23. The van der Waals surface area contributed by atoms with Crippen LogP contribution >= 0.6 is 0 Å². The van der Waals surface area contributed by atoms with Gasteiger partial charge in [-0.1, -0.05) is 0 Å². The van der Waals surface area contributed by atoms with Gasteiger partial charge in [0.25, 0.3) is 5.91 Å². The highest BCUT2D eigenvalue weighted by atomic mass is 32.2. The Morgan fingerprint density at radius 2 is 2.07 bits per heavy atom. The number of amides is 1. The van der Waals surface area contributed by atoms with Gasteiger partial charge in [-0.15, -0.1) is 0 Å². The molecule has 3 rings (SSSR count). The number of sulfonamides is 1. The van der Waals surface area contributed by atoms with Crippen molar-refractivity contribution in [3.8, 4) is 0 Å². The number of hydrogen-bond donors (Lipinski definition) is 2. The molecular weight excluding hydrogens is 382 g/mol. The number of nitrogens with one attached hydrogen (secondary N) is 1. The first-order valence-electron chi connectivity index (χ1n) is 9.12. The van der Waals surface area contributed by atoms with Crippen molar-refractivity contribution >= 4 is 32.5 Å². The fraction of sp³-hybridized carbons (Fsp3) is 0.500. The van der Waals surface area contributed by atoms with E-state index < -0.39 is 10.0 Å². The summed E-state index contributed by atoms with van der Waals surface area (Å²) in [6, 6.07) is 3.70. The van der Waals surface area contributed by atoms with Crippen LogP contribution in [0.3, 0.4) is 0 Å². The summed E-state index contributed by atoms with van der Waals surface area (Å²) in [6.45, 7) is 1.06. The van der Waals surface area contributed by atoms with Gasteiger partial charge in [-0.05, 0) is 25.0 Å². The van der Waals surface area contributed by atoms with Crippen LogP contribution < -0.4 is 5.32 Å². The molecular formula is C18H25N5O4S. The number of fused-ring (bicyclic) bond motifs is 1. The Morgan fingerprint density at radius 3 is 2.71 bits per heavy atom. The Hall–Kier alpha value is -2.30. The molecule has 0 aliphatic carbocycles. The molecule has 1 aliphatic heterocycles. The Balaban J connectivity index is 1.79. The molecule has 1 aliphatic rings. The summed E-state index contributed by atoms with van der Waals surface area (Å²) in [6.07, 6.45) is 5.85. The average molecular weight is 407 g/mol. The molecule has 0 saturated carbocycles. The van der Waals surface area contributed by atoms with Crippen molar-refractivity contribution in [1.29, 1.82) is 0 Å². The van der Waals surface area contributed by atoms with Gasteiger partial charge >= 0.3 is 0 Å². The van der Waals surface area contributed by atoms with Crippen molar-refractivity contribution in [2.75, 3.05) is 44.9 Å². The quantitative estimate of drug-likeness (QED) is 0.718. The molecule has 0 atom stereocenters. The number of carbonyl (C=O) groups is 1. The minimum absolute atomic E-state index is 0.107. The smallest absolute Gasteiger partial charge is 0.272 e. The molecule has 2 aromatic rings. The molecule has 3 heterocycles. The molecule has 0 spiro atoms. The van der Waals surface area contributed by atoms with Crippen LogP contribution in [0.5, 0.6) is 0 Å². The van der Waals surface area contributed by atoms with E-state index in [2.05, 4.69) is 15.3 Å². The zero-order valence-corrected chi connectivity index (χ0v) is 16.8. The summed E-state index contributed by atoms with van der Waals surface area (Å²) >= 11 is 0. The molecule has 28 heavy (non-hydrogen) atoms. The largest absolute Gasteiger partial charge is 0.395 e. The van der Waals surface area contributed by atoms with Gasteiger partial charge in [0.2, 0.25) is 10.0 Å². The zero-order chi connectivity index (χ0) is 20.3. The predicted octanol–water partition coefficient (Wildman–Crippen LogP) is 0.530. The number of likely N-dealkylation sites (N-methyl/N-ethyl adjacent to an activating group) is 1. The van der Waals surface area contributed by atoms with Gasteiger partial charge in [-0.2, -0.15) is 0 Å². The lowest BCUT2D eigenvalue weighted by Gasteiger charge is -2.31. The number of rotatable bonds is 6. The lowest BCUT2D eigenvalue weighted by Crippen LogP contribution is -2.41. The van der Waals surface area contributed by atoms with Crippen LogP contribution in [0.2, 0.25) is 0 Å².